The van der Waals surface area contributed by atoms with Crippen LogP contribution in [0.5, 0.6) is 0 Å². The van der Waals surface area contributed by atoms with Gasteiger partial charge in [0.2, 0.25) is 0 Å². The van der Waals surface area contributed by atoms with E-state index >= 15 is 0 Å². The van der Waals surface area contributed by atoms with E-state index in [4.69, 9.17) is 0 Å². The van der Waals surface area contributed by atoms with Gasteiger partial charge in [0.15, 0.2) is 0 Å². The summed E-state index contributed by atoms with van der Waals surface area (Å²) in [5, 5.41) is 12.5. The summed E-state index contributed by atoms with van der Waals surface area (Å²) in [4.78, 5) is 4.11. The maximum absolute atomic E-state index is 2.54. The lowest BCUT2D eigenvalue weighted by Crippen LogP contribution is -2.28. The fourth-order valence-electron chi connectivity index (χ4n) is 6.47. The third-order valence-corrected chi connectivity index (χ3v) is 14.4. The minimum atomic E-state index is -0.832. The number of benzene rings is 7. The van der Waals surface area contributed by atoms with Crippen molar-refractivity contribution in [2.45, 2.75) is 31.9 Å². The maximum Gasteiger partial charge on any atom is 0.0238 e. The fraction of sp³-hybridized carbons (Fsp3) is 0.0769. The summed E-state index contributed by atoms with van der Waals surface area (Å²) < 4.78 is 0. The Morgan fingerprint density at radius 2 is 0.628 bits per heavy atom. The second-order valence-electron chi connectivity index (χ2n) is 11.3. The van der Waals surface area contributed by atoms with Crippen LogP contribution in [0, 0.1) is 0 Å². The smallest absolute Gasteiger partial charge is 0.0238 e. The van der Waals surface area contributed by atoms with Crippen LogP contribution < -0.4 is 15.9 Å². The predicted octanol–water partition coefficient (Wildman–Crippen LogP) is 10.4. The first-order valence-electron chi connectivity index (χ1n) is 14.6. The molecule has 0 radical (unpaired) electrons. The first-order chi connectivity index (χ1) is 21.2. The normalized spacial score (nSPS) is 14.8. The number of hydrogen-bond donors (Lipinski definition) is 0. The summed E-state index contributed by atoms with van der Waals surface area (Å²) >= 11 is 5.98. The first kappa shape index (κ1) is 26.2. The molecule has 3 heterocycles. The molecule has 0 amide bonds. The van der Waals surface area contributed by atoms with Gasteiger partial charge in [0.25, 0.3) is 0 Å². The molecule has 3 aliphatic heterocycles. The van der Waals surface area contributed by atoms with Crippen molar-refractivity contribution in [3.63, 3.8) is 0 Å². The van der Waals surface area contributed by atoms with Crippen molar-refractivity contribution in [3.8, 4) is 0 Å². The molecule has 0 saturated heterocycles. The largest absolute Gasteiger partial charge is 0.121 e. The van der Waals surface area contributed by atoms with E-state index in [1.807, 2.05) is 35.3 Å². The van der Waals surface area contributed by atoms with E-state index in [0.717, 1.165) is 17.3 Å². The van der Waals surface area contributed by atoms with Crippen molar-refractivity contribution in [3.05, 3.63) is 144 Å². The zero-order valence-corrected chi connectivity index (χ0v) is 26.8. The molecule has 10 rings (SSSR count). The van der Waals surface area contributed by atoms with Gasteiger partial charge in [-0.1, -0.05) is 72.8 Å². The molecule has 206 valence electrons. The highest BCUT2D eigenvalue weighted by Gasteiger charge is 2.27. The van der Waals surface area contributed by atoms with Crippen molar-refractivity contribution in [2.75, 3.05) is 0 Å². The van der Waals surface area contributed by atoms with Crippen LogP contribution >= 0.6 is 43.2 Å². The van der Waals surface area contributed by atoms with Crippen LogP contribution in [0.2, 0.25) is 0 Å². The molecule has 0 nitrogen and oxygen atoms in total. The maximum atomic E-state index is 2.54. The minimum absolute atomic E-state index is 0.832. The number of thioether (sulfide) groups is 3. The molecule has 0 fully saturated rings. The van der Waals surface area contributed by atoms with E-state index in [9.17, 15) is 0 Å². The summed E-state index contributed by atoms with van der Waals surface area (Å²) in [5.41, 5.74) is 4.38. The molecular formula is C39H27PS3. The Morgan fingerprint density at radius 1 is 0.349 bits per heavy atom. The molecule has 7 aromatic carbocycles. The highest BCUT2D eigenvalue weighted by atomic mass is 32.2. The quantitative estimate of drug-likeness (QED) is 0.155. The molecule has 0 saturated carbocycles. The van der Waals surface area contributed by atoms with Gasteiger partial charge >= 0.3 is 0 Å². The standard InChI is InChI=1S/C39H27PS3/c1-4-10-28-16-37-31(13-25(28)7-1)22-41-34-19-35-21-36(20-34)43-24-33-15-27-9-3-6-12-30(27)18-39(33)40(37)38-17-29-11-5-2-8-26(29)14-32(38)23-42-35/h1-21H,22-24H2. The molecule has 4 heteroatoms. The van der Waals surface area contributed by atoms with E-state index in [0.29, 0.717) is 0 Å². The Kier molecular flexibility index (Phi) is 6.56. The van der Waals surface area contributed by atoms with Gasteiger partial charge in [-0.2, -0.15) is 0 Å². The summed E-state index contributed by atoms with van der Waals surface area (Å²) in [6.45, 7) is 0. The molecule has 43 heavy (non-hydrogen) atoms. The third kappa shape index (κ3) is 4.78. The molecule has 7 aromatic rings. The average Bonchev–Trinajstić information content (AvgIpc) is 3.04. The van der Waals surface area contributed by atoms with Crippen LogP contribution in [0.3, 0.4) is 0 Å². The van der Waals surface area contributed by atoms with E-state index < -0.39 is 7.92 Å². The summed E-state index contributed by atoms with van der Waals surface area (Å²) in [6, 6.07) is 49.1. The zero-order valence-electron chi connectivity index (χ0n) is 23.4. The number of rotatable bonds is 0. The van der Waals surface area contributed by atoms with Gasteiger partial charge in [-0.3, -0.25) is 0 Å². The third-order valence-electron chi connectivity index (χ3n) is 8.60. The Morgan fingerprint density at radius 3 is 0.930 bits per heavy atom. The molecule has 0 aromatic heterocycles. The van der Waals surface area contributed by atoms with Crippen LogP contribution in [0.15, 0.2) is 142 Å². The zero-order chi connectivity index (χ0) is 28.3. The van der Waals surface area contributed by atoms with Gasteiger partial charge in [-0.15, -0.1) is 35.3 Å². The second-order valence-corrected chi connectivity index (χ2v) is 16.6. The van der Waals surface area contributed by atoms with E-state index in [2.05, 4.69) is 127 Å². The Bertz CT molecular complexity index is 1960. The molecule has 4 bridgehead atoms. The first-order valence-corrected chi connectivity index (χ1v) is 18.9. The highest BCUT2D eigenvalue weighted by Crippen LogP contribution is 2.45. The lowest BCUT2D eigenvalue weighted by atomic mass is 10.1. The van der Waals surface area contributed by atoms with Crippen molar-refractivity contribution < 1.29 is 0 Å². The number of hydrogen-bond acceptors (Lipinski definition) is 3. The topological polar surface area (TPSA) is 0 Å². The summed E-state index contributed by atoms with van der Waals surface area (Å²) in [7, 11) is -0.832. The van der Waals surface area contributed by atoms with E-state index in [1.54, 1.807) is 0 Å². The lowest BCUT2D eigenvalue weighted by Gasteiger charge is -2.29. The molecule has 0 unspecified atom stereocenters. The lowest BCUT2D eigenvalue weighted by molar-refractivity contribution is 1.22. The fourth-order valence-corrected chi connectivity index (χ4v) is 12.8. The van der Waals surface area contributed by atoms with Gasteiger partial charge in [0.1, 0.15) is 0 Å². The van der Waals surface area contributed by atoms with Gasteiger partial charge in [-0.05, 0) is 127 Å². The van der Waals surface area contributed by atoms with Crippen molar-refractivity contribution in [2.24, 2.45) is 0 Å². The van der Waals surface area contributed by atoms with Crippen LogP contribution in [0.25, 0.3) is 32.3 Å². The minimum Gasteiger partial charge on any atom is -0.121 e. The van der Waals surface area contributed by atoms with E-state index in [1.165, 1.54) is 79.6 Å². The van der Waals surface area contributed by atoms with Crippen LogP contribution in [-0.2, 0) is 17.3 Å². The molecule has 3 aliphatic rings. The van der Waals surface area contributed by atoms with Crippen molar-refractivity contribution in [1.29, 1.82) is 0 Å². The van der Waals surface area contributed by atoms with Crippen LogP contribution in [-0.4, -0.2) is 0 Å². The number of fused-ring (bicyclic) bond motifs is 6. The molecule has 0 atom stereocenters. The van der Waals surface area contributed by atoms with Crippen molar-refractivity contribution in [1.82, 2.24) is 0 Å². The van der Waals surface area contributed by atoms with Crippen LogP contribution in [0.4, 0.5) is 0 Å². The molecule has 0 N–H and O–H groups in total. The monoisotopic (exact) mass is 622 g/mol. The average molecular weight is 623 g/mol. The van der Waals surface area contributed by atoms with Gasteiger partial charge in [-0.25, -0.2) is 0 Å². The Labute approximate surface area is 266 Å². The molecular weight excluding hydrogens is 596 g/mol. The second kappa shape index (κ2) is 10.8. The Hall–Kier alpha value is -3.20. The van der Waals surface area contributed by atoms with Gasteiger partial charge in [0.05, 0.1) is 0 Å². The highest BCUT2D eigenvalue weighted by molar-refractivity contribution is 8.00. The van der Waals surface area contributed by atoms with Crippen LogP contribution in [0.1, 0.15) is 16.7 Å². The van der Waals surface area contributed by atoms with Gasteiger partial charge in [0, 0.05) is 31.9 Å². The molecule has 0 aliphatic carbocycles. The SMILES string of the molecule is c1ccc2cc3c(cc2c1)CSc1cc2cc(c1)SCc1cc4ccccc4cc1P3c1cc3ccccc3cc1CS2. The van der Waals surface area contributed by atoms with Gasteiger partial charge < -0.3 is 0 Å². The summed E-state index contributed by atoms with van der Waals surface area (Å²) in [5.74, 6) is 2.88. The van der Waals surface area contributed by atoms with E-state index in [-0.39, 0.29) is 0 Å². The predicted molar refractivity (Wildman–Crippen MR) is 193 cm³/mol. The Balaban J connectivity index is 1.45. The molecule has 0 spiro atoms. The summed E-state index contributed by atoms with van der Waals surface area (Å²) in [6.07, 6.45) is 0. The van der Waals surface area contributed by atoms with Crippen molar-refractivity contribution >= 4 is 91.4 Å².